The van der Waals surface area contributed by atoms with E-state index in [0.29, 0.717) is 44.5 Å². The molecule has 1 aromatic carbocycles. The molecule has 0 bridgehead atoms. The molecule has 0 saturated carbocycles. The Morgan fingerprint density at radius 3 is 2.70 bits per heavy atom. The Kier molecular flexibility index (Phi) is 11.0. The number of carbonyl (C=O) groups is 1. The highest BCUT2D eigenvalue weighted by Gasteiger charge is 2.35. The van der Waals surface area contributed by atoms with E-state index in [2.05, 4.69) is 32.1 Å². The molecule has 2 atom stereocenters. The van der Waals surface area contributed by atoms with Crippen LogP contribution in [0.1, 0.15) is 37.1 Å². The van der Waals surface area contributed by atoms with E-state index in [4.69, 9.17) is 21.1 Å². The molecule has 0 amide bonds. The molecule has 2 fully saturated rings. The van der Waals surface area contributed by atoms with Gasteiger partial charge in [-0.25, -0.2) is 15.0 Å². The van der Waals surface area contributed by atoms with Gasteiger partial charge in [-0.15, -0.1) is 0 Å². The third-order valence-corrected chi connectivity index (χ3v) is 9.46. The summed E-state index contributed by atoms with van der Waals surface area (Å²) < 4.78 is 67.6. The van der Waals surface area contributed by atoms with Crippen LogP contribution in [-0.2, 0) is 27.0 Å². The smallest absolute Gasteiger partial charge is 0.417 e. The predicted octanol–water partition coefficient (Wildman–Crippen LogP) is 5.84. The van der Waals surface area contributed by atoms with Gasteiger partial charge in [0.05, 0.1) is 42.1 Å². The van der Waals surface area contributed by atoms with Crippen molar-refractivity contribution >= 4 is 45.7 Å². The van der Waals surface area contributed by atoms with Crippen molar-refractivity contribution in [3.05, 3.63) is 45.8 Å². The van der Waals surface area contributed by atoms with Crippen molar-refractivity contribution in [2.75, 3.05) is 63.3 Å². The maximum atomic E-state index is 16.0. The van der Waals surface area contributed by atoms with Crippen LogP contribution in [0.4, 0.5) is 34.3 Å². The molecule has 0 unspecified atom stereocenters. The second kappa shape index (κ2) is 14.8. The number of halogens is 5. The van der Waals surface area contributed by atoms with Gasteiger partial charge in [-0.1, -0.05) is 29.0 Å². The van der Waals surface area contributed by atoms with Gasteiger partial charge in [0.2, 0.25) is 5.82 Å². The maximum Gasteiger partial charge on any atom is 0.417 e. The van der Waals surface area contributed by atoms with Crippen LogP contribution >= 0.6 is 22.9 Å². The molecule has 0 spiro atoms. The van der Waals surface area contributed by atoms with Gasteiger partial charge in [-0.2, -0.15) is 17.6 Å². The zero-order valence-electron chi connectivity index (χ0n) is 25.7. The second-order valence-corrected chi connectivity index (χ2v) is 12.8. The summed E-state index contributed by atoms with van der Waals surface area (Å²) in [6.07, 6.45) is -1.35. The van der Waals surface area contributed by atoms with E-state index in [1.54, 1.807) is 18.9 Å². The number of nitrogens with zero attached hydrogens (tertiary/aromatic N) is 6. The highest BCUT2D eigenvalue weighted by molar-refractivity contribution is 7.16. The first-order chi connectivity index (χ1) is 22.0. The van der Waals surface area contributed by atoms with E-state index in [1.165, 1.54) is 29.8 Å². The molecule has 2 aliphatic rings. The average molecular weight is 686 g/mol. The number of likely N-dealkylation sites (tertiary alicyclic amines) is 1. The van der Waals surface area contributed by atoms with Gasteiger partial charge in [0.15, 0.2) is 16.8 Å². The van der Waals surface area contributed by atoms with Crippen LogP contribution in [0.3, 0.4) is 0 Å². The molecule has 16 heteroatoms. The number of methoxy groups -OCH3 is 1. The normalized spacial score (nSPS) is 19.5. The van der Waals surface area contributed by atoms with E-state index in [1.807, 2.05) is 4.90 Å². The standard InChI is InChI=1S/C30H36ClF4N7O3S/c1-4-45-24(43)15-41-10-11-42(13-20(41)16-44-3)28-25(32)27(36-17-37-28)39-29-38-26(23(46-29)14-40-9-5-6-18(40)2)19-7-8-22(31)21(12-19)30(33,34)35/h7-8,12,17-18,20H,4-6,9-11,13-16H2,1-3H3,(H,36,37,38,39)/t18-,20+/m1/s1. The van der Waals surface area contributed by atoms with Crippen molar-refractivity contribution in [1.82, 2.24) is 24.8 Å². The predicted molar refractivity (Wildman–Crippen MR) is 168 cm³/mol. The average Bonchev–Trinajstić information content (AvgIpc) is 3.60. The zero-order valence-corrected chi connectivity index (χ0v) is 27.3. The minimum Gasteiger partial charge on any atom is -0.465 e. The van der Waals surface area contributed by atoms with E-state index in [9.17, 15) is 18.0 Å². The summed E-state index contributed by atoms with van der Waals surface area (Å²) in [6, 6.07) is 3.82. The number of rotatable bonds is 11. The van der Waals surface area contributed by atoms with Crippen molar-refractivity contribution in [1.29, 1.82) is 0 Å². The van der Waals surface area contributed by atoms with Crippen molar-refractivity contribution in [2.45, 2.75) is 51.5 Å². The first-order valence-electron chi connectivity index (χ1n) is 15.0. The molecule has 0 aliphatic carbocycles. The number of anilines is 3. The number of thiazole rings is 1. The molecule has 5 rings (SSSR count). The Morgan fingerprint density at radius 1 is 1.20 bits per heavy atom. The fourth-order valence-corrected chi connectivity index (χ4v) is 7.06. The van der Waals surface area contributed by atoms with Crippen molar-refractivity contribution in [2.24, 2.45) is 0 Å². The van der Waals surface area contributed by atoms with Gasteiger partial charge in [0.1, 0.15) is 6.33 Å². The third-order valence-electron chi connectivity index (χ3n) is 8.18. The Labute approximate surface area is 273 Å². The number of alkyl halides is 3. The number of aromatic nitrogens is 3. The SMILES string of the molecule is CCOC(=O)CN1CCN(c2ncnc(Nc3nc(-c4ccc(Cl)c(C(F)(F)F)c4)c(CN4CCC[C@H]4C)s3)c2F)C[C@H]1COC. The molecule has 0 radical (unpaired) electrons. The Hall–Kier alpha value is -3.11. The summed E-state index contributed by atoms with van der Waals surface area (Å²) in [5, 5.41) is 2.83. The molecule has 46 heavy (non-hydrogen) atoms. The minimum absolute atomic E-state index is 0.0739. The number of nitrogens with one attached hydrogen (secondary N) is 1. The number of ether oxygens (including phenoxy) is 2. The number of hydrogen-bond acceptors (Lipinski definition) is 11. The van der Waals surface area contributed by atoms with Crippen molar-refractivity contribution in [3.63, 3.8) is 0 Å². The molecule has 2 aliphatic heterocycles. The van der Waals surface area contributed by atoms with Crippen LogP contribution in [0.2, 0.25) is 5.02 Å². The van der Waals surface area contributed by atoms with Gasteiger partial charge < -0.3 is 19.7 Å². The Balaban J connectivity index is 1.41. The number of piperazine rings is 1. The lowest BCUT2D eigenvalue weighted by Crippen LogP contribution is -2.56. The lowest BCUT2D eigenvalue weighted by Gasteiger charge is -2.41. The van der Waals surface area contributed by atoms with Crippen molar-refractivity contribution in [3.8, 4) is 11.3 Å². The third kappa shape index (κ3) is 7.88. The van der Waals surface area contributed by atoms with Gasteiger partial charge in [0.25, 0.3) is 0 Å². The summed E-state index contributed by atoms with van der Waals surface area (Å²) in [7, 11) is 1.56. The van der Waals surface area contributed by atoms with Crippen LogP contribution < -0.4 is 10.2 Å². The van der Waals surface area contributed by atoms with Gasteiger partial charge in [0, 0.05) is 49.8 Å². The molecular weight excluding hydrogens is 650 g/mol. The number of benzene rings is 1. The second-order valence-electron chi connectivity index (χ2n) is 11.3. The molecule has 1 N–H and O–H groups in total. The van der Waals surface area contributed by atoms with Gasteiger partial charge in [-0.3, -0.25) is 14.6 Å². The largest absolute Gasteiger partial charge is 0.465 e. The van der Waals surface area contributed by atoms with Gasteiger partial charge >= 0.3 is 12.1 Å². The minimum atomic E-state index is -4.64. The quantitative estimate of drug-likeness (QED) is 0.196. The van der Waals surface area contributed by atoms with E-state index >= 15 is 4.39 Å². The summed E-state index contributed by atoms with van der Waals surface area (Å²) in [5.74, 6) is -1.08. The van der Waals surface area contributed by atoms with E-state index < -0.39 is 22.6 Å². The molecule has 3 aromatic rings. The van der Waals surface area contributed by atoms with Crippen LogP contribution in [0.5, 0.6) is 0 Å². The molecule has 250 valence electrons. The van der Waals surface area contributed by atoms with E-state index in [0.717, 1.165) is 30.3 Å². The lowest BCUT2D eigenvalue weighted by molar-refractivity contribution is -0.145. The highest BCUT2D eigenvalue weighted by Crippen LogP contribution is 2.40. The fraction of sp³-hybridized carbons (Fsp3) is 0.533. The summed E-state index contributed by atoms with van der Waals surface area (Å²) in [5.41, 5.74) is -0.324. The van der Waals surface area contributed by atoms with Crippen LogP contribution in [0.15, 0.2) is 24.5 Å². The highest BCUT2D eigenvalue weighted by atomic mass is 35.5. The molecule has 2 saturated heterocycles. The summed E-state index contributed by atoms with van der Waals surface area (Å²) >= 11 is 7.13. The topological polar surface area (TPSA) is 96.0 Å². The molecular formula is C30H36ClF4N7O3S. The summed E-state index contributed by atoms with van der Waals surface area (Å²) in [4.78, 5) is 31.8. The number of hydrogen-bond donors (Lipinski definition) is 1. The number of carbonyl (C=O) groups excluding carboxylic acids is 1. The Bertz CT molecular complexity index is 1530. The van der Waals surface area contributed by atoms with Crippen LogP contribution in [0.25, 0.3) is 11.3 Å². The monoisotopic (exact) mass is 685 g/mol. The Morgan fingerprint density at radius 2 is 2.00 bits per heavy atom. The first kappa shape index (κ1) is 34.2. The van der Waals surface area contributed by atoms with Gasteiger partial charge in [-0.05, 0) is 45.4 Å². The molecule has 2 aromatic heterocycles. The van der Waals surface area contributed by atoms with Crippen LogP contribution in [0, 0.1) is 5.82 Å². The summed E-state index contributed by atoms with van der Waals surface area (Å²) in [6.45, 7) is 7.08. The molecule has 10 nitrogen and oxygen atoms in total. The van der Waals surface area contributed by atoms with Crippen LogP contribution in [-0.4, -0.2) is 95.9 Å². The van der Waals surface area contributed by atoms with E-state index in [-0.39, 0.29) is 47.5 Å². The number of esters is 1. The molecule has 4 heterocycles. The fourth-order valence-electron chi connectivity index (χ4n) is 5.83. The zero-order chi connectivity index (χ0) is 33.0. The van der Waals surface area contributed by atoms with Crippen molar-refractivity contribution < 1.29 is 31.8 Å². The lowest BCUT2D eigenvalue weighted by atomic mass is 10.1. The maximum absolute atomic E-state index is 16.0. The first-order valence-corrected chi connectivity index (χ1v) is 16.2.